The number of hydrogen-bond donors (Lipinski definition) is 1. The Bertz CT molecular complexity index is 828. The molecule has 5 nitrogen and oxygen atoms in total. The molecule has 0 aromatic heterocycles. The van der Waals surface area contributed by atoms with E-state index in [0.717, 1.165) is 30.1 Å². The van der Waals surface area contributed by atoms with Gasteiger partial charge in [-0.05, 0) is 63.6 Å². The van der Waals surface area contributed by atoms with Crippen LogP contribution in [0.25, 0.3) is 0 Å². The molecule has 0 heterocycles. The molecule has 1 N–H and O–H groups in total. The molecule has 0 saturated heterocycles. The van der Waals surface area contributed by atoms with Crippen molar-refractivity contribution in [3.8, 4) is 17.2 Å². The van der Waals surface area contributed by atoms with Crippen molar-refractivity contribution < 1.29 is 18.7 Å². The summed E-state index contributed by atoms with van der Waals surface area (Å²) in [5, 5.41) is 11.3. The standard InChI is InChI=1S/C21H21O3P.C6H13NO/c1-16-4-10-19(11-5-16)22-25(23-20-12-6-17(2)7-13-20)24-21-14-8-18(3)9-15-21;1-2-3-4-5-6-7-8/h4-15H,1-3H3;6-7H,2-5H2,1H3. The van der Waals surface area contributed by atoms with E-state index in [1.807, 2.05) is 93.6 Å². The summed E-state index contributed by atoms with van der Waals surface area (Å²) < 4.78 is 17.9. The molecule has 0 saturated carbocycles. The summed E-state index contributed by atoms with van der Waals surface area (Å²) in [7, 11) is -1.62. The molecule has 0 aliphatic rings. The number of unbranched alkanes of at least 4 members (excludes halogenated alkanes) is 3. The highest BCUT2D eigenvalue weighted by atomic mass is 31.2. The third-order valence-corrected chi connectivity index (χ3v) is 5.72. The summed E-state index contributed by atoms with van der Waals surface area (Å²) in [5.41, 5.74) is 3.53. The maximum Gasteiger partial charge on any atom is 0.530 e. The maximum absolute atomic E-state index is 9.59. The van der Waals surface area contributed by atoms with Crippen molar-refractivity contribution in [3.05, 3.63) is 94.7 Å². The molecule has 0 radical (unpaired) electrons. The minimum Gasteiger partial charge on any atom is -0.626 e. The van der Waals surface area contributed by atoms with Crippen molar-refractivity contribution in [2.45, 2.75) is 53.4 Å². The van der Waals surface area contributed by atoms with E-state index in [2.05, 4.69) is 6.92 Å². The van der Waals surface area contributed by atoms with Crippen molar-refractivity contribution >= 4 is 14.8 Å². The van der Waals surface area contributed by atoms with Gasteiger partial charge >= 0.3 is 8.60 Å². The van der Waals surface area contributed by atoms with E-state index in [4.69, 9.17) is 13.6 Å². The molecule has 0 spiro atoms. The van der Waals surface area contributed by atoms with Crippen LogP contribution in [0.1, 0.15) is 49.3 Å². The fourth-order valence-electron chi connectivity index (χ4n) is 2.67. The van der Waals surface area contributed by atoms with Gasteiger partial charge in [-0.2, -0.15) is 0 Å². The van der Waals surface area contributed by atoms with Crippen LogP contribution in [0.2, 0.25) is 0 Å². The highest BCUT2D eigenvalue weighted by molar-refractivity contribution is 7.43. The molecule has 0 fully saturated rings. The van der Waals surface area contributed by atoms with Gasteiger partial charge in [0.2, 0.25) is 0 Å². The molecule has 3 rings (SSSR count). The van der Waals surface area contributed by atoms with E-state index < -0.39 is 8.60 Å². The quantitative estimate of drug-likeness (QED) is 0.120. The largest absolute Gasteiger partial charge is 0.626 e. The number of nitrogens with one attached hydrogen (secondary N) is 1. The summed E-state index contributed by atoms with van der Waals surface area (Å²) in [6.45, 7) is 8.26. The summed E-state index contributed by atoms with van der Waals surface area (Å²) in [5.74, 6) is 2.16. The van der Waals surface area contributed by atoms with Gasteiger partial charge in [0.05, 0.1) is 0 Å². The maximum atomic E-state index is 9.59. The Kier molecular flexibility index (Phi) is 11.8. The van der Waals surface area contributed by atoms with Crippen LogP contribution in [-0.2, 0) is 0 Å². The molecule has 3 aromatic rings. The summed E-state index contributed by atoms with van der Waals surface area (Å²) in [4.78, 5) is 0. The average molecular weight is 468 g/mol. The lowest BCUT2D eigenvalue weighted by molar-refractivity contribution is -0.368. The van der Waals surface area contributed by atoms with Gasteiger partial charge in [-0.25, -0.2) is 5.16 Å². The van der Waals surface area contributed by atoms with Crippen molar-refractivity contribution in [3.63, 3.8) is 0 Å². The molecule has 0 atom stereocenters. The lowest BCUT2D eigenvalue weighted by atomic mass is 10.2. The number of rotatable bonds is 10. The molecule has 6 heteroatoms. The van der Waals surface area contributed by atoms with Crippen LogP contribution >= 0.6 is 8.60 Å². The van der Waals surface area contributed by atoms with Crippen LogP contribution in [0.3, 0.4) is 0 Å². The lowest BCUT2D eigenvalue weighted by Crippen LogP contribution is -2.60. The highest BCUT2D eigenvalue weighted by Crippen LogP contribution is 2.42. The van der Waals surface area contributed by atoms with E-state index >= 15 is 0 Å². The Labute approximate surface area is 199 Å². The second-order valence-electron chi connectivity index (χ2n) is 7.75. The molecule has 33 heavy (non-hydrogen) atoms. The molecule has 0 amide bonds. The number of hydrogen-bond acceptors (Lipinski definition) is 4. The molecular weight excluding hydrogens is 433 g/mol. The second-order valence-corrected chi connectivity index (χ2v) is 8.75. The Morgan fingerprint density at radius 1 is 0.667 bits per heavy atom. The SMILES string of the molecule is CCCCCC=[NH+][O-].Cc1ccc(OP(Oc2ccc(C)cc2)Oc2ccc(C)cc2)cc1. The zero-order valence-electron chi connectivity index (χ0n) is 19.9. The zero-order valence-corrected chi connectivity index (χ0v) is 20.8. The van der Waals surface area contributed by atoms with Crippen LogP contribution in [0.15, 0.2) is 72.8 Å². The molecule has 0 bridgehead atoms. The minimum absolute atomic E-state index is 0.718. The van der Waals surface area contributed by atoms with Gasteiger partial charge < -0.3 is 18.8 Å². The Balaban J connectivity index is 0.000000414. The van der Waals surface area contributed by atoms with E-state index in [-0.39, 0.29) is 0 Å². The predicted octanol–water partition coefficient (Wildman–Crippen LogP) is 6.59. The van der Waals surface area contributed by atoms with Crippen molar-refractivity contribution in [2.24, 2.45) is 0 Å². The monoisotopic (exact) mass is 467 g/mol. The molecular formula is C27H34NO4P. The Morgan fingerprint density at radius 2 is 1.03 bits per heavy atom. The van der Waals surface area contributed by atoms with Gasteiger partial charge in [-0.15, -0.1) is 0 Å². The number of aryl methyl sites for hydroxylation is 3. The predicted molar refractivity (Wildman–Crippen MR) is 137 cm³/mol. The third-order valence-electron chi connectivity index (χ3n) is 4.64. The van der Waals surface area contributed by atoms with Crippen LogP contribution in [0, 0.1) is 26.0 Å². The first-order chi connectivity index (χ1) is 16.0. The Morgan fingerprint density at radius 3 is 1.33 bits per heavy atom. The van der Waals surface area contributed by atoms with E-state index in [9.17, 15) is 5.21 Å². The summed E-state index contributed by atoms with van der Waals surface area (Å²) in [6, 6.07) is 23.5. The molecule has 3 aromatic carbocycles. The van der Waals surface area contributed by atoms with Gasteiger partial charge in [0.15, 0.2) is 0 Å². The van der Waals surface area contributed by atoms with Crippen molar-refractivity contribution in [1.29, 1.82) is 0 Å². The van der Waals surface area contributed by atoms with Crippen molar-refractivity contribution in [2.75, 3.05) is 0 Å². The fourth-order valence-corrected chi connectivity index (χ4v) is 3.66. The normalized spacial score (nSPS) is 10.6. The van der Waals surface area contributed by atoms with Gasteiger partial charge in [0.25, 0.3) is 0 Å². The number of benzene rings is 3. The zero-order chi connectivity index (χ0) is 23.9. The average Bonchev–Trinajstić information content (AvgIpc) is 2.82. The fraction of sp³-hybridized carbons (Fsp3) is 0.296. The van der Waals surface area contributed by atoms with Crippen LogP contribution < -0.4 is 18.7 Å². The van der Waals surface area contributed by atoms with Crippen LogP contribution in [0.5, 0.6) is 17.2 Å². The molecule has 0 unspecified atom stereocenters. The molecule has 0 aliphatic heterocycles. The first kappa shape index (κ1) is 26.2. The van der Waals surface area contributed by atoms with Crippen LogP contribution in [-0.4, -0.2) is 6.21 Å². The van der Waals surface area contributed by atoms with Gasteiger partial charge in [-0.3, -0.25) is 0 Å². The van der Waals surface area contributed by atoms with Crippen molar-refractivity contribution in [1.82, 2.24) is 0 Å². The summed E-state index contributed by atoms with van der Waals surface area (Å²) >= 11 is 0. The second kappa shape index (κ2) is 14.9. The van der Waals surface area contributed by atoms with Gasteiger partial charge in [0, 0.05) is 6.42 Å². The van der Waals surface area contributed by atoms with E-state index in [1.165, 1.54) is 29.5 Å². The van der Waals surface area contributed by atoms with E-state index in [0.29, 0.717) is 0 Å². The lowest BCUT2D eigenvalue weighted by Gasteiger charge is -2.18. The minimum atomic E-state index is -1.62. The first-order valence-electron chi connectivity index (χ1n) is 11.2. The van der Waals surface area contributed by atoms with Gasteiger partial charge in [-0.1, -0.05) is 72.9 Å². The molecule has 176 valence electrons. The summed E-state index contributed by atoms with van der Waals surface area (Å²) in [6.07, 6.45) is 6.02. The molecule has 0 aliphatic carbocycles. The smallest absolute Gasteiger partial charge is 0.530 e. The topological polar surface area (TPSA) is 64.7 Å². The first-order valence-corrected chi connectivity index (χ1v) is 12.3. The highest BCUT2D eigenvalue weighted by Gasteiger charge is 2.19. The Hall–Kier alpha value is -3.04. The van der Waals surface area contributed by atoms with E-state index in [1.54, 1.807) is 11.4 Å². The third kappa shape index (κ3) is 10.9. The van der Waals surface area contributed by atoms with Gasteiger partial charge in [0.1, 0.15) is 23.5 Å². The van der Waals surface area contributed by atoms with Crippen LogP contribution in [0.4, 0.5) is 0 Å².